The second kappa shape index (κ2) is 10.5. The van der Waals surface area contributed by atoms with Crippen LogP contribution in [0.15, 0.2) is 78.9 Å². The highest BCUT2D eigenvalue weighted by Gasteiger charge is 2.25. The number of hydrogen-bond acceptors (Lipinski definition) is 6. The molecular formula is C25H22FN5O3. The molecule has 172 valence electrons. The van der Waals surface area contributed by atoms with Crippen LogP contribution in [0.5, 0.6) is 0 Å². The van der Waals surface area contributed by atoms with Crippen molar-refractivity contribution in [1.29, 1.82) is 0 Å². The van der Waals surface area contributed by atoms with Crippen LogP contribution in [-0.2, 0) is 22.6 Å². The molecule has 0 fully saturated rings. The minimum Gasteiger partial charge on any atom is -0.457 e. The Balaban J connectivity index is 1.49. The van der Waals surface area contributed by atoms with E-state index in [1.165, 1.54) is 22.9 Å². The molecule has 0 radical (unpaired) electrons. The van der Waals surface area contributed by atoms with Crippen LogP contribution in [0.25, 0.3) is 0 Å². The molecule has 9 heteroatoms. The Labute approximate surface area is 195 Å². The molecule has 4 aromatic rings. The molecule has 34 heavy (non-hydrogen) atoms. The number of carbonyl (C=O) groups excluding carboxylic acids is 2. The van der Waals surface area contributed by atoms with Crippen molar-refractivity contribution in [1.82, 2.24) is 20.2 Å². The molecular weight excluding hydrogens is 437 g/mol. The lowest BCUT2D eigenvalue weighted by molar-refractivity contribution is -0.119. The maximum Gasteiger partial charge on any atom is 0.338 e. The van der Waals surface area contributed by atoms with E-state index in [2.05, 4.69) is 20.8 Å². The summed E-state index contributed by atoms with van der Waals surface area (Å²) < 4.78 is 20.4. The SMILES string of the molecule is Cc1nnnn1C(Cc1cccc(F)c1)C(=O)Nc1cccc(C(=O)OCc2ccccc2)c1. The summed E-state index contributed by atoms with van der Waals surface area (Å²) in [6.45, 7) is 1.82. The number of ether oxygens (including phenoxy) is 1. The standard InChI is InChI=1S/C25H22FN5O3/c1-17-28-29-30-31(17)23(14-19-9-5-11-21(26)13-19)24(32)27-22-12-6-10-20(15-22)25(33)34-16-18-7-3-2-4-8-18/h2-13,15,23H,14,16H2,1H3,(H,27,32). The largest absolute Gasteiger partial charge is 0.457 e. The molecule has 0 saturated carbocycles. The van der Waals surface area contributed by atoms with Gasteiger partial charge < -0.3 is 10.1 Å². The Bertz CT molecular complexity index is 1290. The number of anilines is 1. The molecule has 1 unspecified atom stereocenters. The first kappa shape index (κ1) is 22.8. The van der Waals surface area contributed by atoms with Crippen LogP contribution in [-0.4, -0.2) is 32.1 Å². The van der Waals surface area contributed by atoms with Crippen molar-refractivity contribution in [3.63, 3.8) is 0 Å². The number of nitrogens with one attached hydrogen (secondary N) is 1. The van der Waals surface area contributed by atoms with Gasteiger partial charge in [-0.1, -0.05) is 48.5 Å². The first-order chi connectivity index (χ1) is 16.5. The van der Waals surface area contributed by atoms with Crippen LogP contribution in [0.1, 0.15) is 33.4 Å². The predicted octanol–water partition coefficient (Wildman–Crippen LogP) is 3.90. The van der Waals surface area contributed by atoms with Gasteiger partial charge in [-0.05, 0) is 58.8 Å². The Kier molecular flexibility index (Phi) is 7.02. The van der Waals surface area contributed by atoms with Gasteiger partial charge in [-0.3, -0.25) is 4.79 Å². The van der Waals surface area contributed by atoms with Gasteiger partial charge in [-0.15, -0.1) is 5.10 Å². The second-order valence-corrected chi connectivity index (χ2v) is 7.65. The Hall–Kier alpha value is -4.40. The Morgan fingerprint density at radius 2 is 1.76 bits per heavy atom. The van der Waals surface area contributed by atoms with Crippen molar-refractivity contribution in [3.05, 3.63) is 107 Å². The molecule has 8 nitrogen and oxygen atoms in total. The summed E-state index contributed by atoms with van der Waals surface area (Å²) in [5, 5.41) is 14.2. The molecule has 1 atom stereocenters. The van der Waals surface area contributed by atoms with Crippen molar-refractivity contribution in [2.75, 3.05) is 5.32 Å². The number of carbonyl (C=O) groups is 2. The molecule has 1 heterocycles. The van der Waals surface area contributed by atoms with E-state index in [1.54, 1.807) is 37.3 Å². The highest BCUT2D eigenvalue weighted by atomic mass is 19.1. The number of esters is 1. The van der Waals surface area contributed by atoms with Crippen LogP contribution in [0.3, 0.4) is 0 Å². The van der Waals surface area contributed by atoms with Crippen LogP contribution in [0.4, 0.5) is 10.1 Å². The molecule has 1 amide bonds. The van der Waals surface area contributed by atoms with E-state index < -0.39 is 23.7 Å². The van der Waals surface area contributed by atoms with Crippen molar-refractivity contribution >= 4 is 17.6 Å². The van der Waals surface area contributed by atoms with Gasteiger partial charge in [0.1, 0.15) is 24.3 Å². The number of amides is 1. The molecule has 0 aliphatic rings. The lowest BCUT2D eigenvalue weighted by Crippen LogP contribution is -2.29. The van der Waals surface area contributed by atoms with E-state index >= 15 is 0 Å². The third-order valence-electron chi connectivity index (χ3n) is 5.15. The van der Waals surface area contributed by atoms with Crippen molar-refractivity contribution in [2.45, 2.75) is 26.0 Å². The van der Waals surface area contributed by atoms with Crippen LogP contribution in [0.2, 0.25) is 0 Å². The lowest BCUT2D eigenvalue weighted by atomic mass is 10.0. The van der Waals surface area contributed by atoms with Crippen molar-refractivity contribution in [2.24, 2.45) is 0 Å². The highest BCUT2D eigenvalue weighted by Crippen LogP contribution is 2.20. The maximum atomic E-state index is 13.7. The summed E-state index contributed by atoms with van der Waals surface area (Å²) in [6, 6.07) is 21.0. The van der Waals surface area contributed by atoms with Crippen molar-refractivity contribution in [3.8, 4) is 0 Å². The Morgan fingerprint density at radius 3 is 2.50 bits per heavy atom. The maximum absolute atomic E-state index is 13.7. The second-order valence-electron chi connectivity index (χ2n) is 7.65. The zero-order chi connectivity index (χ0) is 23.9. The summed E-state index contributed by atoms with van der Waals surface area (Å²) in [6.07, 6.45) is 0.175. The van der Waals surface area contributed by atoms with Gasteiger partial charge in [-0.25, -0.2) is 13.9 Å². The molecule has 0 aliphatic carbocycles. The first-order valence-electron chi connectivity index (χ1n) is 10.6. The number of benzene rings is 3. The zero-order valence-electron chi connectivity index (χ0n) is 18.4. The molecule has 4 rings (SSSR count). The monoisotopic (exact) mass is 459 g/mol. The van der Waals surface area contributed by atoms with Crippen LogP contribution < -0.4 is 5.32 Å². The topological polar surface area (TPSA) is 99.0 Å². The van der Waals surface area contributed by atoms with Gasteiger partial charge in [0.05, 0.1) is 5.56 Å². The minimum absolute atomic E-state index is 0.143. The molecule has 0 bridgehead atoms. The van der Waals surface area contributed by atoms with Gasteiger partial charge in [0, 0.05) is 12.1 Å². The van der Waals surface area contributed by atoms with Gasteiger partial charge in [0.15, 0.2) is 0 Å². The Morgan fingerprint density at radius 1 is 1.00 bits per heavy atom. The number of aromatic nitrogens is 4. The number of aryl methyl sites for hydroxylation is 1. The van der Waals surface area contributed by atoms with Crippen molar-refractivity contribution < 1.29 is 18.7 Å². The first-order valence-corrected chi connectivity index (χ1v) is 10.6. The average Bonchev–Trinajstić information content (AvgIpc) is 3.27. The van der Waals surface area contributed by atoms with E-state index in [0.29, 0.717) is 22.6 Å². The summed E-state index contributed by atoms with van der Waals surface area (Å²) in [5.41, 5.74) is 2.20. The highest BCUT2D eigenvalue weighted by molar-refractivity contribution is 5.96. The number of tetrazole rings is 1. The van der Waals surface area contributed by atoms with Gasteiger partial charge >= 0.3 is 5.97 Å². The van der Waals surface area contributed by atoms with Gasteiger partial charge in [0.25, 0.3) is 0 Å². The molecule has 0 aliphatic heterocycles. The van der Waals surface area contributed by atoms with Crippen LogP contribution >= 0.6 is 0 Å². The normalized spacial score (nSPS) is 11.6. The van der Waals surface area contributed by atoms with Gasteiger partial charge in [0.2, 0.25) is 5.91 Å². The summed E-state index contributed by atoms with van der Waals surface area (Å²) in [4.78, 5) is 25.7. The number of halogens is 1. The van der Waals surface area contributed by atoms with E-state index in [0.717, 1.165) is 5.56 Å². The quantitative estimate of drug-likeness (QED) is 0.401. The molecule has 0 spiro atoms. The average molecular weight is 459 g/mol. The summed E-state index contributed by atoms with van der Waals surface area (Å²) in [7, 11) is 0. The fourth-order valence-electron chi connectivity index (χ4n) is 3.46. The third-order valence-corrected chi connectivity index (χ3v) is 5.15. The molecule has 1 aromatic heterocycles. The number of hydrogen-bond donors (Lipinski definition) is 1. The van der Waals surface area contributed by atoms with Gasteiger partial charge in [-0.2, -0.15) is 0 Å². The van der Waals surface area contributed by atoms with Crippen LogP contribution in [0, 0.1) is 12.7 Å². The van der Waals surface area contributed by atoms with E-state index in [1.807, 2.05) is 30.3 Å². The number of nitrogens with zero attached hydrogens (tertiary/aromatic N) is 4. The fourth-order valence-corrected chi connectivity index (χ4v) is 3.46. The molecule has 3 aromatic carbocycles. The fraction of sp³-hybridized carbons (Fsp3) is 0.160. The lowest BCUT2D eigenvalue weighted by Gasteiger charge is -2.18. The number of rotatable bonds is 8. The summed E-state index contributed by atoms with van der Waals surface area (Å²) in [5.74, 6) is -0.872. The third kappa shape index (κ3) is 5.69. The molecule has 1 N–H and O–H groups in total. The molecule has 0 saturated heterocycles. The van der Waals surface area contributed by atoms with E-state index in [9.17, 15) is 14.0 Å². The smallest absolute Gasteiger partial charge is 0.338 e. The summed E-state index contributed by atoms with van der Waals surface area (Å²) >= 11 is 0. The predicted molar refractivity (Wildman–Crippen MR) is 122 cm³/mol. The van der Waals surface area contributed by atoms with E-state index in [-0.39, 0.29) is 13.0 Å². The van der Waals surface area contributed by atoms with E-state index in [4.69, 9.17) is 4.74 Å². The minimum atomic E-state index is -0.828. The zero-order valence-corrected chi connectivity index (χ0v) is 18.4.